The van der Waals surface area contributed by atoms with Gasteiger partial charge in [-0.05, 0) is 196 Å². The third kappa shape index (κ3) is 5.99. The Balaban J connectivity index is 0.870. The first-order valence-corrected chi connectivity index (χ1v) is 34.0. The van der Waals surface area contributed by atoms with Crippen LogP contribution in [0.2, 0.25) is 0 Å². The summed E-state index contributed by atoms with van der Waals surface area (Å²) in [5.41, 5.74) is 13.2. The van der Waals surface area contributed by atoms with Gasteiger partial charge in [0.1, 0.15) is 0 Å². The zero-order chi connectivity index (χ0) is 55.4. The van der Waals surface area contributed by atoms with Gasteiger partial charge in [-0.3, -0.25) is 14.4 Å². The summed E-state index contributed by atoms with van der Waals surface area (Å²) in [5, 5.41) is 7.68. The Morgan fingerprint density at radius 2 is 0.765 bits per heavy atom. The van der Waals surface area contributed by atoms with Crippen LogP contribution in [-0.2, 0) is 10.8 Å². The molecule has 11 aromatic rings. The molecule has 7 bridgehead atoms. The van der Waals surface area contributed by atoms with Gasteiger partial charge in [-0.15, -0.1) is 0 Å². The minimum absolute atomic E-state index is 0.0539. The number of hydrogen-bond donors (Lipinski definition) is 0. The zero-order valence-corrected chi connectivity index (χ0v) is 48.8. The SMILES string of the molecule is c1ccc([Si](c2ccccc2)(c2ccccc2)c2ccc3c4ccccc4n(-c4nc(N5c6ccccc6C6(c7ccccc75)C5CC7CC(C5)CC6C7)nc(N5c6ccccc6C6(c7ccccc75)C5CC7CC8CC6C8(C7)C5)n4)c3c2)cc1. The molecule has 8 fully saturated rings. The quantitative estimate of drug-likeness (QED) is 0.118. The van der Waals surface area contributed by atoms with Crippen LogP contribution >= 0.6 is 0 Å². The van der Waals surface area contributed by atoms with Crippen molar-refractivity contribution in [1.29, 1.82) is 0 Å². The van der Waals surface area contributed by atoms with E-state index in [9.17, 15) is 0 Å². The number of fused-ring (bicyclic) bond motifs is 13. The minimum atomic E-state index is -2.97. The van der Waals surface area contributed by atoms with Crippen LogP contribution in [0.1, 0.15) is 86.5 Å². The molecule has 5 atom stereocenters. The summed E-state index contributed by atoms with van der Waals surface area (Å²) in [6, 6.07) is 88.2. The summed E-state index contributed by atoms with van der Waals surface area (Å²) < 4.78 is 2.40. The maximum atomic E-state index is 6.02. The van der Waals surface area contributed by atoms with Gasteiger partial charge in [0.2, 0.25) is 17.8 Å². The molecular weight excluding hydrogens is 1050 g/mol. The fraction of sp³-hybridized carbons (Fsp3) is 0.269. The van der Waals surface area contributed by atoms with Crippen molar-refractivity contribution in [3.63, 3.8) is 0 Å². The first kappa shape index (κ1) is 47.9. The zero-order valence-electron chi connectivity index (χ0n) is 47.8. The number of anilines is 6. The molecule has 9 aromatic carbocycles. The number of rotatable bonds is 7. The van der Waals surface area contributed by atoms with Gasteiger partial charge in [-0.2, -0.15) is 15.0 Å². The lowest BCUT2D eigenvalue weighted by Gasteiger charge is -2.64. The fourth-order valence-corrected chi connectivity index (χ4v) is 26.9. The van der Waals surface area contributed by atoms with Gasteiger partial charge in [0.05, 0.1) is 33.8 Å². The van der Waals surface area contributed by atoms with Crippen molar-refractivity contribution in [3.05, 3.63) is 253 Å². The van der Waals surface area contributed by atoms with Crippen molar-refractivity contribution in [2.24, 2.45) is 52.8 Å². The number of para-hydroxylation sites is 5. The molecule has 0 radical (unpaired) electrons. The molecule has 4 heterocycles. The fourth-order valence-electron chi connectivity index (χ4n) is 22.1. The molecule has 0 saturated heterocycles. The Labute approximate surface area is 498 Å². The van der Waals surface area contributed by atoms with Crippen molar-refractivity contribution in [1.82, 2.24) is 19.5 Å². The maximum absolute atomic E-state index is 6.02. The average molecular weight is 1120 g/mol. The van der Waals surface area contributed by atoms with Crippen LogP contribution in [0.4, 0.5) is 34.6 Å². The predicted octanol–water partition coefficient (Wildman–Crippen LogP) is 15.4. The van der Waals surface area contributed by atoms with Crippen LogP contribution in [0.15, 0.2) is 231 Å². The van der Waals surface area contributed by atoms with Crippen LogP contribution in [0.25, 0.3) is 27.8 Å². The molecule has 7 heteroatoms. The van der Waals surface area contributed by atoms with Crippen LogP contribution in [0, 0.1) is 52.8 Å². The van der Waals surface area contributed by atoms with Gasteiger partial charge >= 0.3 is 0 Å². The third-order valence-corrected chi connectivity index (χ3v) is 29.2. The molecule has 0 amide bonds. The number of benzene rings is 9. The largest absolute Gasteiger partial charge is 0.278 e. The van der Waals surface area contributed by atoms with E-state index in [4.69, 9.17) is 15.0 Å². The molecule has 3 spiro atoms. The highest BCUT2D eigenvalue weighted by atomic mass is 28.3. The van der Waals surface area contributed by atoms with Gasteiger partial charge in [-0.1, -0.05) is 194 Å². The first-order chi connectivity index (χ1) is 42.0. The Morgan fingerprint density at radius 3 is 1.31 bits per heavy atom. The lowest BCUT2D eigenvalue weighted by molar-refractivity contribution is -0.0419. The van der Waals surface area contributed by atoms with Gasteiger partial charge in [-0.25, -0.2) is 0 Å². The molecule has 8 aliphatic carbocycles. The second-order valence-corrected chi connectivity index (χ2v) is 31.4. The molecule has 8 saturated carbocycles. The maximum Gasteiger partial charge on any atom is 0.241 e. The van der Waals surface area contributed by atoms with E-state index in [0.29, 0.717) is 46.9 Å². The Hall–Kier alpha value is -8.39. The minimum Gasteiger partial charge on any atom is -0.278 e. The van der Waals surface area contributed by atoms with Crippen LogP contribution in [-0.4, -0.2) is 27.6 Å². The molecule has 412 valence electrons. The van der Waals surface area contributed by atoms with E-state index in [1.54, 1.807) is 0 Å². The van der Waals surface area contributed by atoms with Crippen molar-refractivity contribution in [2.45, 2.75) is 75.0 Å². The molecular formula is C78H66N6Si. The summed E-state index contributed by atoms with van der Waals surface area (Å²) in [4.78, 5) is 23.0. The van der Waals surface area contributed by atoms with E-state index < -0.39 is 8.07 Å². The molecule has 0 N–H and O–H groups in total. The standard InChI is InChI=1S/C78H66N6Si/c1-4-20-56(21-5-1)85(57-22-6-2-7-23-57,58-24-8-3-9-25-58)59-36-37-61-60-26-10-15-31-66(60)82(71(61)46-59)73-79-74(83-67-32-16-11-27-62(67)77(63-28-12-17-33-68(63)83)53-39-49-38-50(41-53)42-54(77)40-49)81-75(80-73)84-69-34-18-13-29-64(69)78(65-30-14-19-35-70(65)84)55-44-51-43-52-45-72(78)76(52,47-51)48-55/h1-37,46,49-55,72H,38-45,47-48H2. The molecule has 85 heavy (non-hydrogen) atoms. The van der Waals surface area contributed by atoms with Crippen LogP contribution < -0.4 is 30.5 Å². The van der Waals surface area contributed by atoms with Gasteiger partial charge < -0.3 is 0 Å². The number of hydrogen-bond acceptors (Lipinski definition) is 5. The Morgan fingerprint density at radius 1 is 0.329 bits per heavy atom. The van der Waals surface area contributed by atoms with Crippen molar-refractivity contribution >= 4 is 85.3 Å². The summed E-state index contributed by atoms with van der Waals surface area (Å²) >= 11 is 0. The number of aromatic nitrogens is 4. The van der Waals surface area contributed by atoms with Crippen molar-refractivity contribution in [2.75, 3.05) is 9.80 Å². The van der Waals surface area contributed by atoms with Crippen LogP contribution in [0.3, 0.4) is 0 Å². The molecule has 6 nitrogen and oxygen atoms in total. The van der Waals surface area contributed by atoms with E-state index in [0.717, 1.165) is 34.7 Å². The van der Waals surface area contributed by atoms with E-state index in [-0.39, 0.29) is 10.8 Å². The predicted molar refractivity (Wildman–Crippen MR) is 345 cm³/mol. The van der Waals surface area contributed by atoms with Gasteiger partial charge in [0.15, 0.2) is 8.07 Å². The molecule has 2 aromatic heterocycles. The summed E-state index contributed by atoms with van der Waals surface area (Å²) in [6.45, 7) is 0. The van der Waals surface area contributed by atoms with Crippen LogP contribution in [0.5, 0.6) is 0 Å². The highest BCUT2D eigenvalue weighted by molar-refractivity contribution is 7.20. The smallest absolute Gasteiger partial charge is 0.241 e. The summed E-state index contributed by atoms with van der Waals surface area (Å²) in [7, 11) is -2.97. The second kappa shape index (κ2) is 17.2. The lowest BCUT2D eigenvalue weighted by atomic mass is 9.41. The molecule has 21 rings (SSSR count). The van der Waals surface area contributed by atoms with Crippen molar-refractivity contribution in [3.8, 4) is 5.95 Å². The van der Waals surface area contributed by atoms with E-state index in [1.165, 1.54) is 141 Å². The van der Waals surface area contributed by atoms with Crippen molar-refractivity contribution < 1.29 is 0 Å². The lowest BCUT2D eigenvalue weighted by Crippen LogP contribution is -2.74. The Bertz CT molecular complexity index is 4350. The highest BCUT2D eigenvalue weighted by Crippen LogP contribution is 2.83. The first-order valence-electron chi connectivity index (χ1n) is 32.0. The van der Waals surface area contributed by atoms with Gasteiger partial charge in [0, 0.05) is 21.6 Å². The molecule has 10 aliphatic rings. The normalized spacial score (nSPS) is 27.0. The van der Waals surface area contributed by atoms with E-state index >= 15 is 0 Å². The average Bonchev–Trinajstić information content (AvgIpc) is 1.53. The van der Waals surface area contributed by atoms with E-state index in [1.807, 2.05) is 0 Å². The summed E-state index contributed by atoms with van der Waals surface area (Å²) in [5.74, 6) is 7.77. The Kier molecular flexibility index (Phi) is 9.67. The van der Waals surface area contributed by atoms with E-state index in [2.05, 4.69) is 245 Å². The topological polar surface area (TPSA) is 50.1 Å². The number of nitrogens with zero attached hydrogens (tertiary/aromatic N) is 6. The van der Waals surface area contributed by atoms with Gasteiger partial charge in [0.25, 0.3) is 0 Å². The third-order valence-electron chi connectivity index (χ3n) is 24.5. The monoisotopic (exact) mass is 1110 g/mol. The second-order valence-electron chi connectivity index (χ2n) is 27.6. The highest BCUT2D eigenvalue weighted by Gasteiger charge is 2.77. The molecule has 2 aliphatic heterocycles. The molecule has 5 unspecified atom stereocenters. The summed E-state index contributed by atoms with van der Waals surface area (Å²) in [6.07, 6.45) is 13.6.